The highest BCUT2D eigenvalue weighted by Crippen LogP contribution is 2.40. The number of likely N-dealkylation sites (N-methyl/N-ethyl adjacent to an activating group) is 1. The van der Waals surface area contributed by atoms with Gasteiger partial charge in [-0.2, -0.15) is 0 Å². The van der Waals surface area contributed by atoms with E-state index < -0.39 is 17.5 Å². The van der Waals surface area contributed by atoms with Crippen LogP contribution in [0.25, 0.3) is 0 Å². The summed E-state index contributed by atoms with van der Waals surface area (Å²) in [6, 6.07) is 4.02. The Morgan fingerprint density at radius 2 is 1.97 bits per heavy atom. The van der Waals surface area contributed by atoms with Gasteiger partial charge in [-0.1, -0.05) is 43.7 Å². The van der Waals surface area contributed by atoms with Gasteiger partial charge in [-0.25, -0.2) is 14.0 Å². The van der Waals surface area contributed by atoms with E-state index in [1.54, 1.807) is 11.0 Å². The minimum Gasteiger partial charge on any atom is -0.453 e. The van der Waals surface area contributed by atoms with Crippen LogP contribution in [0.15, 0.2) is 18.2 Å². The van der Waals surface area contributed by atoms with Gasteiger partial charge in [-0.15, -0.1) is 0 Å². The Morgan fingerprint density at radius 1 is 1.21 bits per heavy atom. The first-order valence-corrected chi connectivity index (χ1v) is 14.3. The number of likely N-dealkylation sites (tertiary alicyclic amines) is 1. The van der Waals surface area contributed by atoms with Crippen molar-refractivity contribution in [3.63, 3.8) is 0 Å². The fourth-order valence-electron chi connectivity index (χ4n) is 6.09. The molecule has 3 atom stereocenters. The standard InChI is InChI=1S/C28H44ClFN4O4/c1-31-18-25(14-20-8-4-3-5-9-20)33-26(35)34-13-6-10-21(19-34)28(37,11-7-12-32-27(36)38-2)22-15-23(29)17-24(30)16-22/h15-17,20-21,25,31,37H,3-14,18-19H2,1-2H3,(H,32,36)(H,33,35)/t21?,25-,28-/m0/s1. The average Bonchev–Trinajstić information content (AvgIpc) is 2.91. The zero-order valence-electron chi connectivity index (χ0n) is 22.7. The van der Waals surface area contributed by atoms with Gasteiger partial charge in [0.05, 0.1) is 12.7 Å². The molecule has 0 aromatic heterocycles. The Labute approximate surface area is 231 Å². The molecular weight excluding hydrogens is 511 g/mol. The number of aliphatic hydroxyl groups is 1. The maximum Gasteiger partial charge on any atom is 0.406 e. The Balaban J connectivity index is 1.71. The summed E-state index contributed by atoms with van der Waals surface area (Å²) in [4.78, 5) is 26.6. The summed E-state index contributed by atoms with van der Waals surface area (Å²) in [5.41, 5.74) is -1.03. The number of carbonyl (C=O) groups is 2. The molecule has 1 aliphatic carbocycles. The van der Waals surface area contributed by atoms with Crippen molar-refractivity contribution in [2.45, 2.75) is 75.9 Å². The van der Waals surface area contributed by atoms with E-state index in [4.69, 9.17) is 11.6 Å². The molecule has 1 saturated heterocycles. The Morgan fingerprint density at radius 3 is 2.66 bits per heavy atom. The number of urea groups is 1. The van der Waals surface area contributed by atoms with Crippen molar-refractivity contribution in [2.75, 3.05) is 40.3 Å². The number of alkyl carbamates (subject to hydrolysis) is 1. The number of methoxy groups -OCH3 is 1. The number of piperidine rings is 1. The quantitative estimate of drug-likeness (QED) is 0.295. The number of hydrogen-bond acceptors (Lipinski definition) is 5. The summed E-state index contributed by atoms with van der Waals surface area (Å²) in [6.45, 7) is 1.94. The van der Waals surface area contributed by atoms with E-state index in [1.807, 2.05) is 7.05 Å². The zero-order chi connectivity index (χ0) is 27.5. The van der Waals surface area contributed by atoms with Crippen molar-refractivity contribution in [3.8, 4) is 0 Å². The van der Waals surface area contributed by atoms with Crippen molar-refractivity contribution in [3.05, 3.63) is 34.6 Å². The lowest BCUT2D eigenvalue weighted by molar-refractivity contribution is -0.0554. The molecule has 2 aliphatic rings. The molecule has 1 aliphatic heterocycles. The van der Waals surface area contributed by atoms with Gasteiger partial charge in [0.15, 0.2) is 0 Å². The van der Waals surface area contributed by atoms with Crippen LogP contribution in [0.1, 0.15) is 69.8 Å². The maximum absolute atomic E-state index is 14.3. The van der Waals surface area contributed by atoms with E-state index in [-0.39, 0.29) is 29.4 Å². The molecule has 1 unspecified atom stereocenters. The first-order chi connectivity index (χ1) is 18.2. The highest BCUT2D eigenvalue weighted by atomic mass is 35.5. The van der Waals surface area contributed by atoms with E-state index in [1.165, 1.54) is 51.3 Å². The molecular formula is C28H44ClFN4O4. The number of ether oxygens (including phenoxy) is 1. The molecule has 1 heterocycles. The zero-order valence-corrected chi connectivity index (χ0v) is 23.5. The van der Waals surface area contributed by atoms with Crippen LogP contribution in [0.4, 0.5) is 14.0 Å². The summed E-state index contributed by atoms with van der Waals surface area (Å²) in [7, 11) is 3.19. The number of halogens is 2. The molecule has 4 N–H and O–H groups in total. The van der Waals surface area contributed by atoms with Crippen molar-refractivity contribution in [1.29, 1.82) is 0 Å². The van der Waals surface area contributed by atoms with Crippen LogP contribution < -0.4 is 16.0 Å². The molecule has 2 fully saturated rings. The van der Waals surface area contributed by atoms with E-state index in [2.05, 4.69) is 20.7 Å². The Bertz CT molecular complexity index is 897. The van der Waals surface area contributed by atoms with Crippen molar-refractivity contribution in [1.82, 2.24) is 20.9 Å². The minimum atomic E-state index is -1.42. The Hall–Kier alpha value is -2.10. The molecule has 3 rings (SSSR count). The Kier molecular flexibility index (Phi) is 11.9. The second kappa shape index (κ2) is 14.9. The highest BCUT2D eigenvalue weighted by Gasteiger charge is 2.42. The third-order valence-corrected chi connectivity index (χ3v) is 8.27. The summed E-state index contributed by atoms with van der Waals surface area (Å²) in [5.74, 6) is -0.210. The van der Waals surface area contributed by atoms with Gasteiger partial charge in [0, 0.05) is 43.2 Å². The normalized spacial score (nSPS) is 20.9. The molecule has 10 heteroatoms. The molecule has 8 nitrogen and oxygen atoms in total. The third-order valence-electron chi connectivity index (χ3n) is 8.06. The van der Waals surface area contributed by atoms with Crippen LogP contribution in [-0.4, -0.2) is 68.5 Å². The SMILES string of the molecule is CNC[C@H](CC1CCCCC1)NC(=O)N1CCCC([C@@](O)(CCCNC(=O)OC)c2cc(F)cc(Cl)c2)C1. The topological polar surface area (TPSA) is 103 Å². The molecule has 1 aromatic rings. The van der Waals surface area contributed by atoms with E-state index in [0.29, 0.717) is 50.5 Å². The monoisotopic (exact) mass is 554 g/mol. The second-order valence-electron chi connectivity index (χ2n) is 10.8. The van der Waals surface area contributed by atoms with Gasteiger partial charge in [0.1, 0.15) is 5.82 Å². The predicted molar refractivity (Wildman–Crippen MR) is 147 cm³/mol. The van der Waals surface area contributed by atoms with Crippen LogP contribution >= 0.6 is 11.6 Å². The van der Waals surface area contributed by atoms with Crippen molar-refractivity contribution in [2.24, 2.45) is 11.8 Å². The van der Waals surface area contributed by atoms with Crippen molar-refractivity contribution < 1.29 is 23.8 Å². The van der Waals surface area contributed by atoms with Crippen LogP contribution in [0.3, 0.4) is 0 Å². The molecule has 1 aromatic carbocycles. The van der Waals surface area contributed by atoms with Crippen LogP contribution in [0.5, 0.6) is 0 Å². The van der Waals surface area contributed by atoms with Gasteiger partial charge in [-0.05, 0) is 68.8 Å². The summed E-state index contributed by atoms with van der Waals surface area (Å²) < 4.78 is 18.9. The van der Waals surface area contributed by atoms with Gasteiger partial charge in [-0.3, -0.25) is 0 Å². The first kappa shape index (κ1) is 30.4. The number of nitrogens with zero attached hydrogens (tertiary/aromatic N) is 1. The van der Waals surface area contributed by atoms with Crippen LogP contribution in [-0.2, 0) is 10.3 Å². The van der Waals surface area contributed by atoms with E-state index in [0.717, 1.165) is 12.8 Å². The molecule has 3 amide bonds. The lowest BCUT2D eigenvalue weighted by Gasteiger charge is -2.43. The highest BCUT2D eigenvalue weighted by molar-refractivity contribution is 6.30. The largest absolute Gasteiger partial charge is 0.453 e. The van der Waals surface area contributed by atoms with Crippen molar-refractivity contribution >= 4 is 23.7 Å². The first-order valence-electron chi connectivity index (χ1n) is 14.0. The molecule has 0 radical (unpaired) electrons. The number of hydrogen-bond donors (Lipinski definition) is 4. The molecule has 0 bridgehead atoms. The number of benzene rings is 1. The van der Waals surface area contributed by atoms with Gasteiger partial charge >= 0.3 is 12.1 Å². The fraction of sp³-hybridized carbons (Fsp3) is 0.714. The summed E-state index contributed by atoms with van der Waals surface area (Å²) >= 11 is 6.16. The molecule has 214 valence electrons. The predicted octanol–water partition coefficient (Wildman–Crippen LogP) is 4.78. The van der Waals surface area contributed by atoms with Crippen LogP contribution in [0.2, 0.25) is 5.02 Å². The second-order valence-corrected chi connectivity index (χ2v) is 11.3. The minimum absolute atomic E-state index is 0.0429. The number of nitrogens with one attached hydrogen (secondary N) is 3. The van der Waals surface area contributed by atoms with Crippen LogP contribution in [0, 0.1) is 17.7 Å². The smallest absolute Gasteiger partial charge is 0.406 e. The maximum atomic E-state index is 14.3. The van der Waals surface area contributed by atoms with Gasteiger partial charge in [0.2, 0.25) is 0 Å². The summed E-state index contributed by atoms with van der Waals surface area (Å²) in [6.07, 6.45) is 8.78. The fourth-order valence-corrected chi connectivity index (χ4v) is 6.31. The lowest BCUT2D eigenvalue weighted by Crippen LogP contribution is -2.54. The van der Waals surface area contributed by atoms with Gasteiger partial charge < -0.3 is 30.7 Å². The van der Waals surface area contributed by atoms with E-state index >= 15 is 0 Å². The van der Waals surface area contributed by atoms with E-state index in [9.17, 15) is 19.1 Å². The summed E-state index contributed by atoms with van der Waals surface area (Å²) in [5, 5.41) is 21.3. The average molecular weight is 555 g/mol. The number of rotatable bonds is 11. The number of amides is 3. The molecule has 1 saturated carbocycles. The lowest BCUT2D eigenvalue weighted by atomic mass is 9.74. The molecule has 0 spiro atoms. The number of carbonyl (C=O) groups excluding carboxylic acids is 2. The molecule has 38 heavy (non-hydrogen) atoms. The third kappa shape index (κ3) is 8.71. The van der Waals surface area contributed by atoms with Gasteiger partial charge in [0.25, 0.3) is 0 Å².